The van der Waals surface area contributed by atoms with E-state index in [1.165, 1.54) is 0 Å². The maximum absolute atomic E-state index is 12.5. The highest BCUT2D eigenvalue weighted by Crippen LogP contribution is 2.18. The molecule has 7 heteroatoms. The Morgan fingerprint density at radius 1 is 1.26 bits per heavy atom. The summed E-state index contributed by atoms with van der Waals surface area (Å²) >= 11 is 0. The fourth-order valence-corrected chi connectivity index (χ4v) is 3.15. The topological polar surface area (TPSA) is 95.9 Å². The number of benzene rings is 1. The minimum atomic E-state index is -1.03. The molecule has 148 valence electrons. The summed E-state index contributed by atoms with van der Waals surface area (Å²) in [6.45, 7) is 4.61. The molecule has 1 heterocycles. The van der Waals surface area contributed by atoms with Gasteiger partial charge in [0.15, 0.2) is 6.61 Å². The third kappa shape index (κ3) is 6.58. The van der Waals surface area contributed by atoms with Crippen molar-refractivity contribution in [2.45, 2.75) is 39.2 Å². The van der Waals surface area contributed by atoms with Crippen LogP contribution in [-0.2, 0) is 14.4 Å². The summed E-state index contributed by atoms with van der Waals surface area (Å²) in [5, 5.41) is 11.9. The second kappa shape index (κ2) is 9.94. The molecule has 1 aliphatic heterocycles. The van der Waals surface area contributed by atoms with Crippen LogP contribution < -0.4 is 10.1 Å². The van der Waals surface area contributed by atoms with E-state index in [4.69, 9.17) is 4.74 Å². The van der Waals surface area contributed by atoms with Gasteiger partial charge in [0, 0.05) is 13.1 Å². The lowest BCUT2D eigenvalue weighted by Gasteiger charge is -2.32. The van der Waals surface area contributed by atoms with E-state index < -0.39 is 17.9 Å². The highest BCUT2D eigenvalue weighted by Gasteiger charge is 2.31. The molecule has 0 spiro atoms. The van der Waals surface area contributed by atoms with Crippen LogP contribution in [0.5, 0.6) is 5.75 Å². The first kappa shape index (κ1) is 20.7. The van der Waals surface area contributed by atoms with Gasteiger partial charge in [0.25, 0.3) is 5.91 Å². The molecule has 2 rings (SSSR count). The molecular weight excluding hydrogens is 348 g/mol. The molecule has 2 N–H and O–H groups in total. The predicted octanol–water partition coefficient (Wildman–Crippen LogP) is 1.92. The molecule has 2 amide bonds. The Labute approximate surface area is 159 Å². The molecule has 2 unspecified atom stereocenters. The number of para-hydroxylation sites is 1. The number of aliphatic carboxylic acids is 1. The lowest BCUT2D eigenvalue weighted by atomic mass is 9.96. The van der Waals surface area contributed by atoms with Crippen molar-refractivity contribution in [3.8, 4) is 5.75 Å². The molecule has 7 nitrogen and oxygen atoms in total. The molecule has 1 aliphatic rings. The van der Waals surface area contributed by atoms with Gasteiger partial charge in [0.05, 0.1) is 5.92 Å². The smallest absolute Gasteiger partial charge is 0.326 e. The maximum atomic E-state index is 12.5. The van der Waals surface area contributed by atoms with E-state index in [9.17, 15) is 19.5 Å². The fourth-order valence-electron chi connectivity index (χ4n) is 3.15. The van der Waals surface area contributed by atoms with E-state index in [0.29, 0.717) is 31.6 Å². The number of likely N-dealkylation sites (tertiary alicyclic amines) is 1. The summed E-state index contributed by atoms with van der Waals surface area (Å²) in [6.07, 6.45) is 1.72. The molecule has 1 fully saturated rings. The summed E-state index contributed by atoms with van der Waals surface area (Å²) in [5.41, 5.74) is 0. The van der Waals surface area contributed by atoms with Gasteiger partial charge in [-0.1, -0.05) is 32.0 Å². The SMILES string of the molecule is CC(C)CC(NC(=O)C1CCCN(C(=O)COc2ccccc2)C1)C(=O)O. The van der Waals surface area contributed by atoms with Gasteiger partial charge in [-0.05, 0) is 37.3 Å². The van der Waals surface area contributed by atoms with Crippen LogP contribution in [-0.4, -0.2) is 53.5 Å². The van der Waals surface area contributed by atoms with Crippen LogP contribution in [0.3, 0.4) is 0 Å². The van der Waals surface area contributed by atoms with Crippen molar-refractivity contribution in [2.75, 3.05) is 19.7 Å². The molecule has 0 aromatic heterocycles. The summed E-state index contributed by atoms with van der Waals surface area (Å²) in [4.78, 5) is 37.9. The average molecular weight is 376 g/mol. The van der Waals surface area contributed by atoms with Gasteiger partial charge in [0.1, 0.15) is 11.8 Å². The Bertz CT molecular complexity index is 647. The van der Waals surface area contributed by atoms with E-state index >= 15 is 0 Å². The number of piperidine rings is 1. The van der Waals surface area contributed by atoms with Crippen molar-refractivity contribution in [3.05, 3.63) is 30.3 Å². The molecule has 2 atom stereocenters. The molecule has 27 heavy (non-hydrogen) atoms. The first-order valence-corrected chi connectivity index (χ1v) is 9.35. The zero-order chi connectivity index (χ0) is 19.8. The van der Waals surface area contributed by atoms with Crippen LogP contribution in [0.4, 0.5) is 0 Å². The molecule has 1 aromatic rings. The number of carboxylic acids is 1. The van der Waals surface area contributed by atoms with Crippen LogP contribution in [0, 0.1) is 11.8 Å². The molecular formula is C20H28N2O5. The predicted molar refractivity (Wildman–Crippen MR) is 100 cm³/mol. The van der Waals surface area contributed by atoms with E-state index in [1.54, 1.807) is 17.0 Å². The molecule has 0 bridgehead atoms. The summed E-state index contributed by atoms with van der Waals surface area (Å²) in [6, 6.07) is 8.19. The Hall–Kier alpha value is -2.57. The van der Waals surface area contributed by atoms with Gasteiger partial charge in [-0.15, -0.1) is 0 Å². The van der Waals surface area contributed by atoms with Gasteiger partial charge < -0.3 is 20.1 Å². The van der Waals surface area contributed by atoms with Crippen LogP contribution in [0.1, 0.15) is 33.1 Å². The van der Waals surface area contributed by atoms with Gasteiger partial charge in [0.2, 0.25) is 5.91 Å². The zero-order valence-electron chi connectivity index (χ0n) is 15.9. The van der Waals surface area contributed by atoms with Gasteiger partial charge >= 0.3 is 5.97 Å². The Morgan fingerprint density at radius 3 is 2.59 bits per heavy atom. The highest BCUT2D eigenvalue weighted by atomic mass is 16.5. The number of carbonyl (C=O) groups excluding carboxylic acids is 2. The standard InChI is InChI=1S/C20H28N2O5/c1-14(2)11-17(20(25)26)21-19(24)15-7-6-10-22(12-15)18(23)13-27-16-8-4-3-5-9-16/h3-5,8-9,14-15,17H,6-7,10-13H2,1-2H3,(H,21,24)(H,25,26). The summed E-state index contributed by atoms with van der Waals surface area (Å²) < 4.78 is 5.49. The van der Waals surface area contributed by atoms with Crippen molar-refractivity contribution in [3.63, 3.8) is 0 Å². The zero-order valence-corrected chi connectivity index (χ0v) is 15.9. The average Bonchev–Trinajstić information content (AvgIpc) is 2.66. The number of rotatable bonds is 8. The minimum Gasteiger partial charge on any atom is -0.484 e. The van der Waals surface area contributed by atoms with Gasteiger partial charge in [-0.3, -0.25) is 9.59 Å². The number of carboxylic acid groups (broad SMARTS) is 1. The van der Waals surface area contributed by atoms with Crippen molar-refractivity contribution in [2.24, 2.45) is 11.8 Å². The number of nitrogens with zero attached hydrogens (tertiary/aromatic N) is 1. The van der Waals surface area contributed by atoms with E-state index in [2.05, 4.69) is 5.32 Å². The Morgan fingerprint density at radius 2 is 1.96 bits per heavy atom. The lowest BCUT2D eigenvalue weighted by Crippen LogP contribution is -2.50. The number of nitrogens with one attached hydrogen (secondary N) is 1. The number of carbonyl (C=O) groups is 3. The van der Waals surface area contributed by atoms with Gasteiger partial charge in [-0.25, -0.2) is 4.79 Å². The van der Waals surface area contributed by atoms with Crippen molar-refractivity contribution < 1.29 is 24.2 Å². The first-order valence-electron chi connectivity index (χ1n) is 9.35. The summed E-state index contributed by atoms with van der Waals surface area (Å²) in [5.74, 6) is -1.12. The minimum absolute atomic E-state index is 0.0799. The Balaban J connectivity index is 1.87. The lowest BCUT2D eigenvalue weighted by molar-refractivity contribution is -0.144. The van der Waals surface area contributed by atoms with Crippen LogP contribution in [0.25, 0.3) is 0 Å². The number of hydrogen-bond acceptors (Lipinski definition) is 4. The second-order valence-electron chi connectivity index (χ2n) is 7.31. The maximum Gasteiger partial charge on any atom is 0.326 e. The molecule has 0 radical (unpaired) electrons. The van der Waals surface area contributed by atoms with E-state index in [-0.39, 0.29) is 30.9 Å². The number of amides is 2. The van der Waals surface area contributed by atoms with Crippen LogP contribution in [0.2, 0.25) is 0 Å². The quantitative estimate of drug-likeness (QED) is 0.723. The van der Waals surface area contributed by atoms with Crippen LogP contribution in [0.15, 0.2) is 30.3 Å². The molecule has 1 aromatic carbocycles. The van der Waals surface area contributed by atoms with Crippen molar-refractivity contribution >= 4 is 17.8 Å². The molecule has 0 aliphatic carbocycles. The molecule has 0 saturated carbocycles. The number of hydrogen-bond donors (Lipinski definition) is 2. The van der Waals surface area contributed by atoms with Crippen molar-refractivity contribution in [1.82, 2.24) is 10.2 Å². The van der Waals surface area contributed by atoms with Gasteiger partial charge in [-0.2, -0.15) is 0 Å². The molecule has 1 saturated heterocycles. The fraction of sp³-hybridized carbons (Fsp3) is 0.550. The monoisotopic (exact) mass is 376 g/mol. The third-order valence-corrected chi connectivity index (χ3v) is 4.57. The van der Waals surface area contributed by atoms with E-state index in [0.717, 1.165) is 0 Å². The Kier molecular flexibility index (Phi) is 7.64. The normalized spacial score (nSPS) is 18.0. The first-order chi connectivity index (χ1) is 12.9. The number of ether oxygens (including phenoxy) is 1. The third-order valence-electron chi connectivity index (χ3n) is 4.57. The second-order valence-corrected chi connectivity index (χ2v) is 7.31. The summed E-state index contributed by atoms with van der Waals surface area (Å²) in [7, 11) is 0. The largest absolute Gasteiger partial charge is 0.484 e. The van der Waals surface area contributed by atoms with E-state index in [1.807, 2.05) is 32.0 Å². The highest BCUT2D eigenvalue weighted by molar-refractivity contribution is 5.86. The van der Waals surface area contributed by atoms with Crippen molar-refractivity contribution in [1.29, 1.82) is 0 Å². The van der Waals surface area contributed by atoms with Crippen LogP contribution >= 0.6 is 0 Å².